The van der Waals surface area contributed by atoms with E-state index in [-0.39, 0.29) is 11.7 Å². The van der Waals surface area contributed by atoms with Gasteiger partial charge in [0.2, 0.25) is 5.95 Å². The molecule has 8 heteroatoms. The molecule has 3 aromatic heterocycles. The Bertz CT molecular complexity index is 1080. The first kappa shape index (κ1) is 19.7. The molecular weight excluding hydrogens is 375 g/mol. The Morgan fingerprint density at radius 2 is 2.21 bits per heavy atom. The molecule has 1 N–H and O–H groups in total. The number of nitriles is 1. The van der Waals surface area contributed by atoms with Crippen molar-refractivity contribution in [3.05, 3.63) is 54.4 Å². The van der Waals surface area contributed by atoms with Crippen molar-refractivity contribution in [3.8, 4) is 6.07 Å². The van der Waals surface area contributed by atoms with Crippen LogP contribution in [0.2, 0.25) is 0 Å². The van der Waals surface area contributed by atoms with Crippen molar-refractivity contribution in [2.45, 2.75) is 19.9 Å². The lowest BCUT2D eigenvalue weighted by Gasteiger charge is -2.27. The second-order valence-corrected chi connectivity index (χ2v) is 6.90. The number of fused-ring (bicyclic) bond motifs is 1. The molecule has 0 bridgehead atoms. The van der Waals surface area contributed by atoms with Gasteiger partial charge >= 0.3 is 0 Å². The van der Waals surface area contributed by atoms with Crippen LogP contribution in [0.25, 0.3) is 16.6 Å². The van der Waals surface area contributed by atoms with Gasteiger partial charge in [-0.1, -0.05) is 6.58 Å². The predicted octanol–water partition coefficient (Wildman–Crippen LogP) is 4.16. The summed E-state index contributed by atoms with van der Waals surface area (Å²) in [5, 5.41) is 13.0. The summed E-state index contributed by atoms with van der Waals surface area (Å²) in [5.41, 5.74) is 2.62. The summed E-state index contributed by atoms with van der Waals surface area (Å²) in [6, 6.07) is 8.61. The van der Waals surface area contributed by atoms with Crippen molar-refractivity contribution < 1.29 is 4.39 Å². The summed E-state index contributed by atoms with van der Waals surface area (Å²) in [6.07, 6.45) is 1.75. The second kappa shape index (κ2) is 7.90. The average molecular weight is 396 g/mol. The zero-order valence-electron chi connectivity index (χ0n) is 15.9. The monoisotopic (exact) mass is 396 g/mol. The maximum atomic E-state index is 13.7. The van der Waals surface area contributed by atoms with E-state index in [1.54, 1.807) is 6.20 Å². The molecule has 0 atom stereocenters. The number of thiol groups is 1. The number of aromatic nitrogens is 3. The van der Waals surface area contributed by atoms with Crippen LogP contribution in [0.4, 0.5) is 15.9 Å². The molecule has 3 aromatic rings. The van der Waals surface area contributed by atoms with Crippen LogP contribution in [0.5, 0.6) is 0 Å². The average Bonchev–Trinajstić information content (AvgIpc) is 2.94. The lowest BCUT2D eigenvalue weighted by Crippen LogP contribution is -2.31. The Morgan fingerprint density at radius 3 is 2.86 bits per heavy atom. The summed E-state index contributed by atoms with van der Waals surface area (Å²) in [7, 11) is 1.94. The van der Waals surface area contributed by atoms with E-state index in [1.807, 2.05) is 29.8 Å². The Morgan fingerprint density at radius 1 is 1.46 bits per heavy atom. The molecule has 0 fully saturated rings. The van der Waals surface area contributed by atoms with E-state index >= 15 is 0 Å². The second-order valence-electron chi connectivity index (χ2n) is 6.61. The van der Waals surface area contributed by atoms with Crippen molar-refractivity contribution >= 4 is 40.7 Å². The summed E-state index contributed by atoms with van der Waals surface area (Å²) >= 11 is 4.48. The van der Waals surface area contributed by atoms with Gasteiger partial charge in [-0.2, -0.15) is 22.3 Å². The molecule has 144 valence electrons. The minimum atomic E-state index is -0.727. The van der Waals surface area contributed by atoms with E-state index < -0.39 is 5.95 Å². The molecule has 0 aliphatic heterocycles. The Kier molecular flexibility index (Phi) is 5.56. The number of nitrogens with zero attached hydrogens (tertiary/aromatic N) is 5. The van der Waals surface area contributed by atoms with Gasteiger partial charge in [0.1, 0.15) is 23.1 Å². The van der Waals surface area contributed by atoms with Gasteiger partial charge in [-0.15, -0.1) is 0 Å². The van der Waals surface area contributed by atoms with Gasteiger partial charge < -0.3 is 14.8 Å². The maximum absolute atomic E-state index is 13.7. The Hall–Kier alpha value is -3.05. The third-order valence-electron chi connectivity index (χ3n) is 4.47. The van der Waals surface area contributed by atoms with Crippen molar-refractivity contribution in [2.24, 2.45) is 7.05 Å². The minimum Gasteiger partial charge on any atom is -0.354 e. The molecule has 28 heavy (non-hydrogen) atoms. The van der Waals surface area contributed by atoms with Gasteiger partial charge in [0.15, 0.2) is 0 Å². The van der Waals surface area contributed by atoms with Gasteiger partial charge in [-0.25, -0.2) is 4.98 Å². The third-order valence-corrected chi connectivity index (χ3v) is 4.77. The van der Waals surface area contributed by atoms with Crippen LogP contribution in [0.15, 0.2) is 37.0 Å². The Balaban J connectivity index is 2.11. The number of nitrogens with one attached hydrogen (secondary N) is 1. The summed E-state index contributed by atoms with van der Waals surface area (Å²) in [5.74, 6) is 0.730. The first-order chi connectivity index (χ1) is 13.4. The molecular formula is C20H21FN6S. The van der Waals surface area contributed by atoms with E-state index in [9.17, 15) is 4.39 Å². The summed E-state index contributed by atoms with van der Waals surface area (Å²) in [6.45, 7) is 8.32. The third kappa shape index (κ3) is 3.53. The molecule has 0 unspecified atom stereocenters. The highest BCUT2D eigenvalue weighted by molar-refractivity contribution is 7.80. The highest BCUT2D eigenvalue weighted by atomic mass is 32.1. The molecule has 0 saturated carbocycles. The molecule has 6 nitrogen and oxygen atoms in total. The fourth-order valence-electron chi connectivity index (χ4n) is 3.25. The Labute approximate surface area is 168 Å². The quantitative estimate of drug-likeness (QED) is 0.372. The highest BCUT2D eigenvalue weighted by Crippen LogP contribution is 2.35. The number of anilines is 2. The molecule has 0 saturated heterocycles. The van der Waals surface area contributed by atoms with Crippen LogP contribution in [0.1, 0.15) is 25.2 Å². The van der Waals surface area contributed by atoms with Gasteiger partial charge in [0.25, 0.3) is 0 Å². The van der Waals surface area contributed by atoms with E-state index in [2.05, 4.69) is 53.2 Å². The first-order valence-corrected chi connectivity index (χ1v) is 9.35. The largest absolute Gasteiger partial charge is 0.354 e. The fraction of sp³-hybridized carbons (Fsp3) is 0.250. The first-order valence-electron chi connectivity index (χ1n) is 8.72. The standard InChI is InChI=1S/C20H21FN6S/c1-12(2)27(11-28)20-18-16(6-5-7-23-18)19(26(20)4)13(3)24-14-8-15(10-22)25-17(21)9-14/h5-9,12,28H,3,11H2,1-2,4H3,(H,24,25). The number of halogens is 1. The SMILES string of the molecule is C=C(Nc1cc(F)nc(C#N)c1)c1c2cccnc2c(N(CS)C(C)C)n1C. The smallest absolute Gasteiger partial charge is 0.216 e. The predicted molar refractivity (Wildman–Crippen MR) is 114 cm³/mol. The molecule has 0 aliphatic carbocycles. The normalized spacial score (nSPS) is 10.9. The van der Waals surface area contributed by atoms with Gasteiger partial charge in [0.05, 0.1) is 17.3 Å². The van der Waals surface area contributed by atoms with E-state index in [1.165, 1.54) is 12.1 Å². The molecule has 0 aliphatic rings. The molecule has 0 amide bonds. The van der Waals surface area contributed by atoms with Gasteiger partial charge in [0, 0.05) is 36.4 Å². The van der Waals surface area contributed by atoms with Crippen LogP contribution in [0.3, 0.4) is 0 Å². The van der Waals surface area contributed by atoms with Gasteiger partial charge in [-0.3, -0.25) is 4.98 Å². The van der Waals surface area contributed by atoms with Crippen molar-refractivity contribution in [3.63, 3.8) is 0 Å². The van der Waals surface area contributed by atoms with Crippen molar-refractivity contribution in [2.75, 3.05) is 16.1 Å². The van der Waals surface area contributed by atoms with Crippen LogP contribution in [-0.2, 0) is 7.05 Å². The van der Waals surface area contributed by atoms with E-state index in [4.69, 9.17) is 5.26 Å². The van der Waals surface area contributed by atoms with Crippen LogP contribution in [-0.4, -0.2) is 26.5 Å². The zero-order chi connectivity index (χ0) is 20.4. The van der Waals surface area contributed by atoms with Crippen molar-refractivity contribution in [1.82, 2.24) is 14.5 Å². The zero-order valence-corrected chi connectivity index (χ0v) is 16.8. The maximum Gasteiger partial charge on any atom is 0.216 e. The lowest BCUT2D eigenvalue weighted by molar-refractivity contribution is 0.583. The van der Waals surface area contributed by atoms with Gasteiger partial charge in [-0.05, 0) is 32.0 Å². The lowest BCUT2D eigenvalue weighted by atomic mass is 10.2. The number of hydrogen-bond donors (Lipinski definition) is 2. The van der Waals surface area contributed by atoms with Crippen LogP contribution >= 0.6 is 12.6 Å². The minimum absolute atomic E-state index is 0.00421. The summed E-state index contributed by atoms with van der Waals surface area (Å²) < 4.78 is 15.7. The van der Waals surface area contributed by atoms with E-state index in [0.29, 0.717) is 17.3 Å². The number of pyridine rings is 2. The molecule has 3 heterocycles. The van der Waals surface area contributed by atoms with Crippen LogP contribution < -0.4 is 10.2 Å². The molecule has 0 radical (unpaired) electrons. The molecule has 3 rings (SSSR count). The fourth-order valence-corrected chi connectivity index (χ4v) is 3.71. The topological polar surface area (TPSA) is 69.8 Å². The highest BCUT2D eigenvalue weighted by Gasteiger charge is 2.23. The summed E-state index contributed by atoms with van der Waals surface area (Å²) in [4.78, 5) is 10.2. The molecule has 0 aromatic carbocycles. The van der Waals surface area contributed by atoms with E-state index in [0.717, 1.165) is 22.4 Å². The van der Waals surface area contributed by atoms with Crippen LogP contribution in [0, 0.1) is 17.3 Å². The number of hydrogen-bond acceptors (Lipinski definition) is 6. The number of rotatable bonds is 6. The van der Waals surface area contributed by atoms with Crippen molar-refractivity contribution in [1.29, 1.82) is 5.26 Å². The molecule has 0 spiro atoms.